The van der Waals surface area contributed by atoms with Crippen LogP contribution >= 0.6 is 0 Å². The highest BCUT2D eigenvalue weighted by Gasteiger charge is 2.51. The van der Waals surface area contributed by atoms with Crippen LogP contribution in [0.5, 0.6) is 0 Å². The van der Waals surface area contributed by atoms with Gasteiger partial charge in [-0.25, -0.2) is 14.4 Å². The van der Waals surface area contributed by atoms with Crippen molar-refractivity contribution in [2.45, 2.75) is 212 Å². The van der Waals surface area contributed by atoms with E-state index in [0.29, 0.717) is 38.5 Å². The molecule has 79 heavy (non-hydrogen) atoms. The summed E-state index contributed by atoms with van der Waals surface area (Å²) in [6.45, 7) is 28.6. The summed E-state index contributed by atoms with van der Waals surface area (Å²) in [7, 11) is 0. The number of benzene rings is 3. The van der Waals surface area contributed by atoms with Crippen molar-refractivity contribution in [1.29, 1.82) is 0 Å². The Bertz CT molecular complexity index is 2760. The van der Waals surface area contributed by atoms with E-state index in [0.717, 1.165) is 0 Å². The molecule has 3 aromatic carbocycles. The molecule has 3 atom stereocenters. The van der Waals surface area contributed by atoms with Gasteiger partial charge in [0.05, 0.1) is 50.1 Å². The fraction of sp³-hybridized carbons (Fsp3) is 0.550. The van der Waals surface area contributed by atoms with Crippen molar-refractivity contribution in [1.82, 2.24) is 35.6 Å². The first-order chi connectivity index (χ1) is 36.5. The normalized spacial score (nSPS) is 23.3. The number of amides is 6. The number of rotatable bonds is 12. The second kappa shape index (κ2) is 19.6. The number of carbonyl (C=O) groups excluding carboxylic acids is 9. The lowest BCUT2D eigenvalue weighted by molar-refractivity contribution is -0.165. The standard InChI is InChI=1S/C60H75N7O12/c1-31(77-52(74)34-16-19-40-43(22-34)49(71)65(46(40)68)37-25-55(4,5)61-56(6,7)26-37)64(32(2)78-53(75)35-17-20-41-44(23-35)50(72)66(47(41)69)38-27-57(8,9)62-58(10,11)28-38)33(3)79-54(76)36-18-21-42-45(24-36)51(73)67(48(42)70)39-29-59(12,13)63-60(14,15)30-39/h16-24,31-33,37-39,61-63H,25-30H2,1-15H3. The SMILES string of the molecule is CC(OC(=O)c1ccc2c(c1)C(=O)N(C1CC(C)(C)NC(C)(C)C1)C2=O)N(C(C)OC(=O)c1ccc2c(c1)C(=O)N(C1CC(C)(C)NC(C)(C)C1)C2=O)C(C)OC(=O)c1ccc2c(c1)C(=O)N(C1CC(C)(C)NC(C)(C)C1)C2=O. The third kappa shape index (κ3) is 11.0. The van der Waals surface area contributed by atoms with E-state index < -0.39 is 90.2 Å². The molecule has 3 aromatic rings. The number of hydrogen-bond acceptors (Lipinski definition) is 16. The third-order valence-corrected chi connectivity index (χ3v) is 16.2. The Labute approximate surface area is 461 Å². The van der Waals surface area contributed by atoms with Crippen molar-refractivity contribution in [3.63, 3.8) is 0 Å². The Morgan fingerprint density at radius 2 is 0.595 bits per heavy atom. The average molecular weight is 1090 g/mol. The summed E-state index contributed by atoms with van der Waals surface area (Å²) in [5.74, 6) is -5.71. The number of ether oxygens (including phenoxy) is 3. The second-order valence-corrected chi connectivity index (χ2v) is 26.5. The Hall–Kier alpha value is -6.67. The fourth-order valence-corrected chi connectivity index (χ4v) is 14.2. The molecule has 3 unspecified atom stereocenters. The highest BCUT2D eigenvalue weighted by molar-refractivity contribution is 6.24. The number of carbonyl (C=O) groups is 9. The summed E-state index contributed by atoms with van der Waals surface area (Å²) in [5, 5.41) is 10.7. The third-order valence-electron chi connectivity index (χ3n) is 16.2. The number of nitrogens with one attached hydrogen (secondary N) is 3. The zero-order valence-electron chi connectivity index (χ0n) is 48.1. The van der Waals surface area contributed by atoms with Crippen LogP contribution in [-0.2, 0) is 14.2 Å². The van der Waals surface area contributed by atoms with E-state index in [-0.39, 0.29) is 83.3 Å². The quantitative estimate of drug-likeness (QED) is 0.0686. The van der Waals surface area contributed by atoms with Crippen molar-refractivity contribution in [3.05, 3.63) is 105 Å². The van der Waals surface area contributed by atoms with Crippen molar-refractivity contribution in [3.8, 4) is 0 Å². The van der Waals surface area contributed by atoms with Crippen LogP contribution in [0.15, 0.2) is 54.6 Å². The monoisotopic (exact) mass is 1090 g/mol. The Balaban J connectivity index is 0.958. The summed E-state index contributed by atoms with van der Waals surface area (Å²) >= 11 is 0. The fourth-order valence-electron chi connectivity index (χ4n) is 14.2. The van der Waals surface area contributed by atoms with Gasteiger partial charge in [-0.15, -0.1) is 0 Å². The molecule has 3 fully saturated rings. The van der Waals surface area contributed by atoms with Crippen LogP contribution in [0.3, 0.4) is 0 Å². The van der Waals surface area contributed by atoms with Gasteiger partial charge in [0, 0.05) is 51.4 Å². The van der Waals surface area contributed by atoms with E-state index in [1.165, 1.54) is 95.0 Å². The highest BCUT2D eigenvalue weighted by Crippen LogP contribution is 2.40. The van der Waals surface area contributed by atoms with Crippen molar-refractivity contribution < 1.29 is 57.4 Å². The van der Waals surface area contributed by atoms with E-state index in [1.807, 2.05) is 83.1 Å². The number of imide groups is 3. The molecule has 6 aliphatic heterocycles. The van der Waals surface area contributed by atoms with Gasteiger partial charge in [-0.3, -0.25) is 43.5 Å². The van der Waals surface area contributed by atoms with E-state index in [1.54, 1.807) is 0 Å². The second-order valence-electron chi connectivity index (χ2n) is 26.5. The summed E-state index contributed by atoms with van der Waals surface area (Å²) in [4.78, 5) is 131. The van der Waals surface area contributed by atoms with E-state index in [9.17, 15) is 43.2 Å². The molecule has 0 aromatic heterocycles. The summed E-state index contributed by atoms with van der Waals surface area (Å²) in [6.07, 6.45) is -0.884. The van der Waals surface area contributed by atoms with Gasteiger partial charge >= 0.3 is 17.9 Å². The average Bonchev–Trinajstić information content (AvgIpc) is 4.01. The Kier molecular flexibility index (Phi) is 14.1. The molecule has 6 heterocycles. The molecule has 3 N–H and O–H groups in total. The Morgan fingerprint density at radius 1 is 0.392 bits per heavy atom. The molecule has 6 aliphatic rings. The first kappa shape index (κ1) is 57.0. The van der Waals surface area contributed by atoms with E-state index in [2.05, 4.69) is 16.0 Å². The molecule has 0 bridgehead atoms. The first-order valence-electron chi connectivity index (χ1n) is 27.3. The molecule has 19 heteroatoms. The van der Waals surface area contributed by atoms with Crippen LogP contribution in [0.25, 0.3) is 0 Å². The van der Waals surface area contributed by atoms with E-state index in [4.69, 9.17) is 14.2 Å². The summed E-state index contributed by atoms with van der Waals surface area (Å²) in [6, 6.07) is 11.2. The largest absolute Gasteiger partial charge is 0.443 e. The molecule has 0 radical (unpaired) electrons. The minimum Gasteiger partial charge on any atom is -0.443 e. The van der Waals surface area contributed by atoms with Crippen LogP contribution in [-0.4, -0.2) is 143 Å². The number of fused-ring (bicyclic) bond motifs is 3. The van der Waals surface area contributed by atoms with Gasteiger partial charge < -0.3 is 30.2 Å². The molecule has 3 saturated heterocycles. The van der Waals surface area contributed by atoms with Gasteiger partial charge in [-0.1, -0.05) is 0 Å². The van der Waals surface area contributed by atoms with Crippen LogP contribution in [0.2, 0.25) is 0 Å². The molecular weight excluding hydrogens is 1010 g/mol. The minimum atomic E-state index is -1.34. The van der Waals surface area contributed by atoms with Gasteiger partial charge in [0.1, 0.15) is 0 Å². The molecule has 0 saturated carbocycles. The maximum absolute atomic E-state index is 14.2. The maximum Gasteiger partial charge on any atom is 0.339 e. The number of piperidine rings is 3. The molecule has 9 rings (SSSR count). The van der Waals surface area contributed by atoms with Gasteiger partial charge in [0.15, 0.2) is 18.7 Å². The maximum atomic E-state index is 14.2. The van der Waals surface area contributed by atoms with Crippen molar-refractivity contribution in [2.24, 2.45) is 0 Å². The summed E-state index contributed by atoms with van der Waals surface area (Å²) in [5.41, 5.74) is -1.79. The highest BCUT2D eigenvalue weighted by atomic mass is 16.6. The predicted molar refractivity (Wildman–Crippen MR) is 290 cm³/mol. The van der Waals surface area contributed by atoms with E-state index >= 15 is 0 Å². The van der Waals surface area contributed by atoms with Crippen LogP contribution < -0.4 is 16.0 Å². The molecule has 0 spiro atoms. The minimum absolute atomic E-state index is 0.0462. The smallest absolute Gasteiger partial charge is 0.339 e. The zero-order valence-corrected chi connectivity index (χ0v) is 48.1. The molecule has 6 amide bonds. The van der Waals surface area contributed by atoms with Gasteiger partial charge in [-0.2, -0.15) is 4.90 Å². The van der Waals surface area contributed by atoms with Crippen LogP contribution in [0, 0.1) is 0 Å². The zero-order chi connectivity index (χ0) is 58.0. The number of nitrogens with zero attached hydrogens (tertiary/aromatic N) is 4. The molecular formula is C60H75N7O12. The molecule has 19 nitrogen and oxygen atoms in total. The number of hydrogen-bond donors (Lipinski definition) is 3. The topological polar surface area (TPSA) is 230 Å². The Morgan fingerprint density at radius 3 is 0.810 bits per heavy atom. The first-order valence-corrected chi connectivity index (χ1v) is 27.3. The van der Waals surface area contributed by atoms with Crippen LogP contribution in [0.4, 0.5) is 0 Å². The van der Waals surface area contributed by atoms with Gasteiger partial charge in [0.2, 0.25) is 0 Å². The lowest BCUT2D eigenvalue weighted by atomic mass is 9.79. The number of esters is 3. The summed E-state index contributed by atoms with van der Waals surface area (Å²) < 4.78 is 18.0. The van der Waals surface area contributed by atoms with Gasteiger partial charge in [0.25, 0.3) is 35.4 Å². The molecule has 422 valence electrons. The van der Waals surface area contributed by atoms with Crippen LogP contribution in [0.1, 0.15) is 236 Å². The lowest BCUT2D eigenvalue weighted by Gasteiger charge is -2.48. The lowest BCUT2D eigenvalue weighted by Crippen LogP contribution is -2.62. The molecule has 0 aliphatic carbocycles. The van der Waals surface area contributed by atoms with Crippen molar-refractivity contribution >= 4 is 53.4 Å². The van der Waals surface area contributed by atoms with Gasteiger partial charge in [-0.05, 0) is 197 Å². The predicted octanol–water partition coefficient (Wildman–Crippen LogP) is 7.61. The van der Waals surface area contributed by atoms with Crippen molar-refractivity contribution in [2.75, 3.05) is 0 Å².